The minimum absolute atomic E-state index is 0.288. The van der Waals surface area contributed by atoms with Gasteiger partial charge in [0.1, 0.15) is 12.4 Å². The number of halogens is 1. The topological polar surface area (TPSA) is 90.7 Å². The van der Waals surface area contributed by atoms with Crippen molar-refractivity contribution >= 4 is 29.2 Å². The van der Waals surface area contributed by atoms with Gasteiger partial charge in [0, 0.05) is 10.7 Å². The second-order valence-corrected chi connectivity index (χ2v) is 5.74. The van der Waals surface area contributed by atoms with Crippen LogP contribution in [0.25, 0.3) is 0 Å². The summed E-state index contributed by atoms with van der Waals surface area (Å²) in [4.78, 5) is 23.5. The van der Waals surface area contributed by atoms with Crippen molar-refractivity contribution in [3.63, 3.8) is 0 Å². The largest absolute Gasteiger partial charge is 0.492 e. The molecule has 0 aromatic heterocycles. The quantitative estimate of drug-likeness (QED) is 0.449. The van der Waals surface area contributed by atoms with Crippen LogP contribution in [-0.2, 0) is 9.53 Å². The van der Waals surface area contributed by atoms with Crippen LogP contribution >= 0.6 is 11.6 Å². The summed E-state index contributed by atoms with van der Waals surface area (Å²) in [5.41, 5.74) is 7.42. The molecule has 0 aliphatic carbocycles. The number of hydrogen-bond donors (Lipinski definition) is 2. The van der Waals surface area contributed by atoms with E-state index < -0.39 is 11.9 Å². The Labute approximate surface area is 150 Å². The van der Waals surface area contributed by atoms with Gasteiger partial charge in [0.15, 0.2) is 6.61 Å². The second kappa shape index (κ2) is 8.94. The number of nitrogens with one attached hydrogen (secondary N) is 1. The SMILES string of the molecule is Cc1ccc(C(=O)OCC(=O)NCCOc2ccc(Cl)cc2)cc1N. The number of amides is 1. The Morgan fingerprint density at radius 3 is 2.56 bits per heavy atom. The fraction of sp³-hybridized carbons (Fsp3) is 0.222. The first-order valence-corrected chi connectivity index (χ1v) is 8.02. The minimum atomic E-state index is -0.598. The van der Waals surface area contributed by atoms with E-state index >= 15 is 0 Å². The Bertz CT molecular complexity index is 747. The Hall–Kier alpha value is -2.73. The van der Waals surface area contributed by atoms with Crippen LogP contribution in [0.5, 0.6) is 5.75 Å². The maximum Gasteiger partial charge on any atom is 0.338 e. The predicted molar refractivity (Wildman–Crippen MR) is 95.8 cm³/mol. The summed E-state index contributed by atoms with van der Waals surface area (Å²) in [6, 6.07) is 11.7. The van der Waals surface area contributed by atoms with Crippen LogP contribution < -0.4 is 15.8 Å². The number of carbonyl (C=O) groups excluding carboxylic acids is 2. The molecule has 25 heavy (non-hydrogen) atoms. The van der Waals surface area contributed by atoms with Gasteiger partial charge in [0.05, 0.1) is 12.1 Å². The van der Waals surface area contributed by atoms with Gasteiger partial charge in [0.25, 0.3) is 5.91 Å². The third kappa shape index (κ3) is 6.00. The molecule has 0 aliphatic rings. The third-order valence-corrected chi connectivity index (χ3v) is 3.61. The van der Waals surface area contributed by atoms with E-state index in [4.69, 9.17) is 26.8 Å². The first kappa shape index (κ1) is 18.6. The molecular weight excluding hydrogens is 344 g/mol. The number of ether oxygens (including phenoxy) is 2. The van der Waals surface area contributed by atoms with Crippen molar-refractivity contribution in [3.8, 4) is 5.75 Å². The molecule has 7 heteroatoms. The molecule has 132 valence electrons. The highest BCUT2D eigenvalue weighted by atomic mass is 35.5. The fourth-order valence-corrected chi connectivity index (χ4v) is 2.05. The van der Waals surface area contributed by atoms with Crippen molar-refractivity contribution in [2.75, 3.05) is 25.5 Å². The lowest BCUT2D eigenvalue weighted by Gasteiger charge is -2.09. The van der Waals surface area contributed by atoms with Crippen LogP contribution in [-0.4, -0.2) is 31.6 Å². The van der Waals surface area contributed by atoms with Crippen molar-refractivity contribution in [3.05, 3.63) is 58.6 Å². The fourth-order valence-electron chi connectivity index (χ4n) is 1.92. The van der Waals surface area contributed by atoms with Crippen LogP contribution in [0.15, 0.2) is 42.5 Å². The van der Waals surface area contributed by atoms with Crippen molar-refractivity contribution in [2.24, 2.45) is 0 Å². The molecule has 0 heterocycles. The lowest BCUT2D eigenvalue weighted by Crippen LogP contribution is -2.32. The smallest absolute Gasteiger partial charge is 0.338 e. The van der Waals surface area contributed by atoms with E-state index in [1.807, 2.05) is 6.92 Å². The molecule has 6 nitrogen and oxygen atoms in total. The van der Waals surface area contributed by atoms with E-state index in [-0.39, 0.29) is 19.8 Å². The zero-order chi connectivity index (χ0) is 18.2. The number of benzene rings is 2. The lowest BCUT2D eigenvalue weighted by molar-refractivity contribution is -0.124. The Kier molecular flexibility index (Phi) is 6.65. The van der Waals surface area contributed by atoms with Gasteiger partial charge in [-0.3, -0.25) is 4.79 Å². The first-order chi connectivity index (χ1) is 12.0. The summed E-state index contributed by atoms with van der Waals surface area (Å²) < 4.78 is 10.4. The highest BCUT2D eigenvalue weighted by Gasteiger charge is 2.11. The molecule has 2 aromatic rings. The van der Waals surface area contributed by atoms with E-state index in [1.54, 1.807) is 36.4 Å². The van der Waals surface area contributed by atoms with Gasteiger partial charge in [-0.15, -0.1) is 0 Å². The van der Waals surface area contributed by atoms with Gasteiger partial charge in [-0.2, -0.15) is 0 Å². The molecule has 1 amide bonds. The summed E-state index contributed by atoms with van der Waals surface area (Å²) in [5.74, 6) is -0.352. The normalized spacial score (nSPS) is 10.2. The number of esters is 1. The number of hydrogen-bond acceptors (Lipinski definition) is 5. The van der Waals surface area contributed by atoms with Gasteiger partial charge in [0.2, 0.25) is 0 Å². The van der Waals surface area contributed by atoms with E-state index in [0.717, 1.165) is 5.56 Å². The maximum absolute atomic E-state index is 11.9. The van der Waals surface area contributed by atoms with E-state index in [2.05, 4.69) is 5.32 Å². The summed E-state index contributed by atoms with van der Waals surface area (Å²) in [6.07, 6.45) is 0. The van der Waals surface area contributed by atoms with E-state index in [0.29, 0.717) is 22.0 Å². The zero-order valence-electron chi connectivity index (χ0n) is 13.8. The molecule has 3 N–H and O–H groups in total. The summed E-state index contributed by atoms with van der Waals surface area (Å²) >= 11 is 5.77. The molecule has 2 rings (SSSR count). The molecule has 0 atom stereocenters. The number of rotatable bonds is 7. The number of aryl methyl sites for hydroxylation is 1. The molecular formula is C18H19ClN2O4. The molecule has 0 unspecified atom stereocenters. The standard InChI is InChI=1S/C18H19ClN2O4/c1-12-2-3-13(10-16(12)20)18(23)25-11-17(22)21-8-9-24-15-6-4-14(19)5-7-15/h2-7,10H,8-9,11,20H2,1H3,(H,21,22). The van der Waals surface area contributed by atoms with Crippen LogP contribution in [0, 0.1) is 6.92 Å². The summed E-state index contributed by atoms with van der Waals surface area (Å²) in [5, 5.41) is 3.22. The number of nitrogen functional groups attached to an aromatic ring is 1. The Morgan fingerprint density at radius 1 is 1.16 bits per heavy atom. The second-order valence-electron chi connectivity index (χ2n) is 5.30. The molecule has 0 saturated carbocycles. The first-order valence-electron chi connectivity index (χ1n) is 7.64. The van der Waals surface area contributed by atoms with Crippen LogP contribution in [0.2, 0.25) is 5.02 Å². The van der Waals surface area contributed by atoms with Gasteiger partial charge in [-0.25, -0.2) is 4.79 Å². The average Bonchev–Trinajstić information content (AvgIpc) is 2.60. The predicted octanol–water partition coefficient (Wildman–Crippen LogP) is 2.58. The van der Waals surface area contributed by atoms with Crippen LogP contribution in [0.3, 0.4) is 0 Å². The van der Waals surface area contributed by atoms with Gasteiger partial charge >= 0.3 is 5.97 Å². The average molecular weight is 363 g/mol. The molecule has 0 saturated heterocycles. The monoisotopic (exact) mass is 362 g/mol. The summed E-state index contributed by atoms with van der Waals surface area (Å²) in [7, 11) is 0. The molecule has 0 radical (unpaired) electrons. The molecule has 0 spiro atoms. The molecule has 2 aromatic carbocycles. The van der Waals surface area contributed by atoms with E-state index in [1.165, 1.54) is 6.07 Å². The van der Waals surface area contributed by atoms with Crippen molar-refractivity contribution in [1.29, 1.82) is 0 Å². The van der Waals surface area contributed by atoms with Crippen LogP contribution in [0.4, 0.5) is 5.69 Å². The number of nitrogens with two attached hydrogens (primary N) is 1. The molecule has 0 fully saturated rings. The highest BCUT2D eigenvalue weighted by molar-refractivity contribution is 6.30. The number of anilines is 1. The Morgan fingerprint density at radius 2 is 1.88 bits per heavy atom. The lowest BCUT2D eigenvalue weighted by atomic mass is 10.1. The molecule has 0 bridgehead atoms. The highest BCUT2D eigenvalue weighted by Crippen LogP contribution is 2.15. The number of carbonyl (C=O) groups is 2. The molecule has 0 aliphatic heterocycles. The zero-order valence-corrected chi connectivity index (χ0v) is 14.5. The van der Waals surface area contributed by atoms with Gasteiger partial charge in [-0.05, 0) is 48.9 Å². The minimum Gasteiger partial charge on any atom is -0.492 e. The van der Waals surface area contributed by atoms with Crippen molar-refractivity contribution < 1.29 is 19.1 Å². The van der Waals surface area contributed by atoms with E-state index in [9.17, 15) is 9.59 Å². The third-order valence-electron chi connectivity index (χ3n) is 3.36. The van der Waals surface area contributed by atoms with Crippen molar-refractivity contribution in [1.82, 2.24) is 5.32 Å². The van der Waals surface area contributed by atoms with Crippen LogP contribution in [0.1, 0.15) is 15.9 Å². The maximum atomic E-state index is 11.9. The Balaban J connectivity index is 1.67. The van der Waals surface area contributed by atoms with Gasteiger partial charge in [-0.1, -0.05) is 17.7 Å². The summed E-state index contributed by atoms with van der Waals surface area (Å²) in [6.45, 7) is 2.05. The van der Waals surface area contributed by atoms with Crippen molar-refractivity contribution in [2.45, 2.75) is 6.92 Å². The van der Waals surface area contributed by atoms with Gasteiger partial charge < -0.3 is 20.5 Å².